The molecule has 0 aliphatic carbocycles. The fourth-order valence-electron chi connectivity index (χ4n) is 3.29. The van der Waals surface area contributed by atoms with Gasteiger partial charge >= 0.3 is 6.03 Å². The highest BCUT2D eigenvalue weighted by Gasteiger charge is 2.35. The number of nitrogens with zero attached hydrogens (tertiary/aromatic N) is 2. The molecular weight excluding hydrogens is 346 g/mol. The Hall–Kier alpha value is -3.22. The maximum absolute atomic E-state index is 12.9. The second kappa shape index (κ2) is 6.83. The SMILES string of the molecule is Cc1ccc(NC(=O)N2CCN(c3ccc4c(c3)OCO4)C(=O)C2C)cc1. The molecular formula is C20H21N3O4. The molecule has 2 aromatic carbocycles. The van der Waals surface area contributed by atoms with E-state index in [2.05, 4.69) is 5.32 Å². The van der Waals surface area contributed by atoms with Crippen molar-refractivity contribution in [2.75, 3.05) is 30.1 Å². The van der Waals surface area contributed by atoms with Gasteiger partial charge in [-0.1, -0.05) is 17.7 Å². The zero-order valence-corrected chi connectivity index (χ0v) is 15.3. The molecule has 0 radical (unpaired) electrons. The number of amides is 3. The molecule has 0 bridgehead atoms. The van der Waals surface area contributed by atoms with Crippen LogP contribution in [-0.2, 0) is 4.79 Å². The van der Waals surface area contributed by atoms with Gasteiger partial charge in [0.2, 0.25) is 12.7 Å². The second-order valence-electron chi connectivity index (χ2n) is 6.69. The van der Waals surface area contributed by atoms with Crippen molar-refractivity contribution < 1.29 is 19.1 Å². The highest BCUT2D eigenvalue weighted by molar-refractivity contribution is 6.02. The Morgan fingerprint density at radius 3 is 2.59 bits per heavy atom. The molecule has 3 amide bonds. The molecule has 1 fully saturated rings. The van der Waals surface area contributed by atoms with E-state index in [1.165, 1.54) is 0 Å². The molecule has 7 nitrogen and oxygen atoms in total. The Bertz CT molecular complexity index is 881. The fourth-order valence-corrected chi connectivity index (χ4v) is 3.29. The third kappa shape index (κ3) is 3.28. The summed E-state index contributed by atoms with van der Waals surface area (Å²) in [7, 11) is 0. The van der Waals surface area contributed by atoms with E-state index < -0.39 is 6.04 Å². The minimum Gasteiger partial charge on any atom is -0.454 e. The molecule has 0 aromatic heterocycles. The lowest BCUT2D eigenvalue weighted by Crippen LogP contribution is -2.58. The monoisotopic (exact) mass is 367 g/mol. The van der Waals surface area contributed by atoms with E-state index in [1.54, 1.807) is 28.9 Å². The van der Waals surface area contributed by atoms with Crippen LogP contribution in [0.15, 0.2) is 42.5 Å². The minimum absolute atomic E-state index is 0.126. The molecule has 0 spiro atoms. The largest absolute Gasteiger partial charge is 0.454 e. The second-order valence-corrected chi connectivity index (χ2v) is 6.69. The Labute approximate surface area is 157 Å². The number of aryl methyl sites for hydroxylation is 1. The van der Waals surface area contributed by atoms with Gasteiger partial charge in [0.25, 0.3) is 0 Å². The van der Waals surface area contributed by atoms with Crippen LogP contribution in [0.2, 0.25) is 0 Å². The minimum atomic E-state index is -0.561. The molecule has 1 unspecified atom stereocenters. The van der Waals surface area contributed by atoms with Crippen LogP contribution in [0.3, 0.4) is 0 Å². The number of carbonyl (C=O) groups excluding carboxylic acids is 2. The summed E-state index contributed by atoms with van der Waals surface area (Å²) >= 11 is 0. The van der Waals surface area contributed by atoms with Crippen molar-refractivity contribution in [3.63, 3.8) is 0 Å². The molecule has 2 aliphatic heterocycles. The van der Waals surface area contributed by atoms with Crippen LogP contribution in [-0.4, -0.2) is 42.8 Å². The van der Waals surface area contributed by atoms with Gasteiger partial charge in [0, 0.05) is 30.5 Å². The molecule has 1 N–H and O–H groups in total. The summed E-state index contributed by atoms with van der Waals surface area (Å²) in [5, 5.41) is 2.86. The van der Waals surface area contributed by atoms with Gasteiger partial charge in [0.15, 0.2) is 11.5 Å². The normalized spacial score (nSPS) is 18.6. The van der Waals surface area contributed by atoms with E-state index in [1.807, 2.05) is 37.3 Å². The van der Waals surface area contributed by atoms with Crippen molar-refractivity contribution in [2.45, 2.75) is 19.9 Å². The lowest BCUT2D eigenvalue weighted by molar-refractivity contribution is -0.123. The molecule has 140 valence electrons. The van der Waals surface area contributed by atoms with Crippen molar-refractivity contribution in [3.8, 4) is 11.5 Å². The average Bonchev–Trinajstić information content (AvgIpc) is 3.13. The van der Waals surface area contributed by atoms with Crippen LogP contribution in [0.1, 0.15) is 12.5 Å². The number of benzene rings is 2. The van der Waals surface area contributed by atoms with Gasteiger partial charge < -0.3 is 24.6 Å². The molecule has 1 atom stereocenters. The van der Waals surface area contributed by atoms with Crippen LogP contribution in [0.5, 0.6) is 11.5 Å². The summed E-state index contributed by atoms with van der Waals surface area (Å²) in [6, 6.07) is 12.2. The van der Waals surface area contributed by atoms with Gasteiger partial charge in [-0.3, -0.25) is 4.79 Å². The summed E-state index contributed by atoms with van der Waals surface area (Å²) in [6.07, 6.45) is 0. The van der Waals surface area contributed by atoms with Crippen LogP contribution in [0.4, 0.5) is 16.2 Å². The highest BCUT2D eigenvalue weighted by atomic mass is 16.7. The zero-order chi connectivity index (χ0) is 19.0. The van der Waals surface area contributed by atoms with Gasteiger partial charge in [0.1, 0.15) is 6.04 Å². The molecule has 1 saturated heterocycles. The van der Waals surface area contributed by atoms with Crippen molar-refractivity contribution >= 4 is 23.3 Å². The average molecular weight is 367 g/mol. The first kappa shape index (κ1) is 17.2. The van der Waals surface area contributed by atoms with E-state index >= 15 is 0 Å². The Balaban J connectivity index is 1.46. The first-order valence-corrected chi connectivity index (χ1v) is 8.88. The number of anilines is 2. The Kier molecular flexibility index (Phi) is 4.35. The molecule has 0 saturated carbocycles. The summed E-state index contributed by atoms with van der Waals surface area (Å²) in [5.41, 5.74) is 2.58. The van der Waals surface area contributed by atoms with Crippen LogP contribution < -0.4 is 19.7 Å². The lowest BCUT2D eigenvalue weighted by atomic mass is 10.1. The van der Waals surface area contributed by atoms with Crippen LogP contribution in [0.25, 0.3) is 0 Å². The number of urea groups is 1. The molecule has 4 rings (SSSR count). The predicted octanol–water partition coefficient (Wildman–Crippen LogP) is 2.99. The van der Waals surface area contributed by atoms with Crippen LogP contribution >= 0.6 is 0 Å². The summed E-state index contributed by atoms with van der Waals surface area (Å²) in [5.74, 6) is 1.18. The number of piperazine rings is 1. The van der Waals surface area contributed by atoms with Gasteiger partial charge in [-0.15, -0.1) is 0 Å². The van der Waals surface area contributed by atoms with E-state index in [0.29, 0.717) is 30.3 Å². The smallest absolute Gasteiger partial charge is 0.322 e. The summed E-state index contributed by atoms with van der Waals surface area (Å²) in [4.78, 5) is 28.7. The molecule has 2 aromatic rings. The Morgan fingerprint density at radius 2 is 1.81 bits per heavy atom. The summed E-state index contributed by atoms with van der Waals surface area (Å²) in [6.45, 7) is 4.79. The molecule has 2 aliphatic rings. The number of hydrogen-bond acceptors (Lipinski definition) is 4. The quantitative estimate of drug-likeness (QED) is 0.886. The molecule has 7 heteroatoms. The van der Waals surface area contributed by atoms with Crippen molar-refractivity contribution in [3.05, 3.63) is 48.0 Å². The fraction of sp³-hybridized carbons (Fsp3) is 0.300. The van der Waals surface area contributed by atoms with Crippen molar-refractivity contribution in [1.82, 2.24) is 4.90 Å². The maximum atomic E-state index is 12.9. The zero-order valence-electron chi connectivity index (χ0n) is 15.3. The van der Waals surface area contributed by atoms with Crippen molar-refractivity contribution in [2.24, 2.45) is 0 Å². The number of fused-ring (bicyclic) bond motifs is 1. The molecule has 2 heterocycles. The van der Waals surface area contributed by atoms with Gasteiger partial charge in [-0.2, -0.15) is 0 Å². The van der Waals surface area contributed by atoms with E-state index in [-0.39, 0.29) is 18.7 Å². The third-order valence-corrected chi connectivity index (χ3v) is 4.89. The lowest BCUT2D eigenvalue weighted by Gasteiger charge is -2.39. The number of rotatable bonds is 2. The van der Waals surface area contributed by atoms with E-state index in [4.69, 9.17) is 9.47 Å². The van der Waals surface area contributed by atoms with Crippen LogP contribution in [0, 0.1) is 6.92 Å². The third-order valence-electron chi connectivity index (χ3n) is 4.89. The Morgan fingerprint density at radius 1 is 1.07 bits per heavy atom. The number of carbonyl (C=O) groups is 2. The summed E-state index contributed by atoms with van der Waals surface area (Å²) < 4.78 is 10.7. The number of ether oxygens (including phenoxy) is 2. The maximum Gasteiger partial charge on any atom is 0.322 e. The van der Waals surface area contributed by atoms with Gasteiger partial charge in [0.05, 0.1) is 0 Å². The first-order chi connectivity index (χ1) is 13.0. The van der Waals surface area contributed by atoms with Crippen molar-refractivity contribution in [1.29, 1.82) is 0 Å². The number of hydrogen-bond donors (Lipinski definition) is 1. The standard InChI is InChI=1S/C20H21N3O4/c1-13-3-5-15(6-4-13)21-20(25)22-9-10-23(19(24)14(22)2)16-7-8-17-18(11-16)27-12-26-17/h3-8,11,14H,9-10,12H2,1-2H3,(H,21,25). The number of nitrogens with one attached hydrogen (secondary N) is 1. The molecule has 27 heavy (non-hydrogen) atoms. The van der Waals surface area contributed by atoms with E-state index in [9.17, 15) is 9.59 Å². The van der Waals surface area contributed by atoms with Gasteiger partial charge in [-0.05, 0) is 38.1 Å². The highest BCUT2D eigenvalue weighted by Crippen LogP contribution is 2.36. The van der Waals surface area contributed by atoms with E-state index in [0.717, 1.165) is 11.3 Å². The first-order valence-electron chi connectivity index (χ1n) is 8.88. The predicted molar refractivity (Wildman–Crippen MR) is 101 cm³/mol. The topological polar surface area (TPSA) is 71.1 Å². The van der Waals surface area contributed by atoms with Gasteiger partial charge in [-0.25, -0.2) is 4.79 Å².